The number of guanidine groups is 1. The van der Waals surface area contributed by atoms with Crippen LogP contribution >= 0.6 is 24.0 Å². The van der Waals surface area contributed by atoms with Gasteiger partial charge in [-0.25, -0.2) is 18.4 Å². The Morgan fingerprint density at radius 2 is 1.81 bits per heavy atom. The summed E-state index contributed by atoms with van der Waals surface area (Å²) in [6.07, 6.45) is 3.11. The summed E-state index contributed by atoms with van der Waals surface area (Å²) >= 11 is 0. The topological polar surface area (TPSA) is 67.1 Å². The van der Waals surface area contributed by atoms with Gasteiger partial charge < -0.3 is 10.6 Å². The number of halogens is 3. The van der Waals surface area contributed by atoms with Gasteiger partial charge in [-0.2, -0.15) is 5.10 Å². The van der Waals surface area contributed by atoms with E-state index >= 15 is 0 Å². The Labute approximate surface area is 172 Å². The molecular formula is C18H19F2IN6. The highest BCUT2D eigenvalue weighted by Crippen LogP contribution is 2.10. The molecule has 0 bridgehead atoms. The van der Waals surface area contributed by atoms with Crippen molar-refractivity contribution in [2.75, 3.05) is 7.05 Å². The minimum atomic E-state index is -0.474. The van der Waals surface area contributed by atoms with Crippen LogP contribution in [0.1, 0.15) is 11.1 Å². The molecule has 1 aromatic heterocycles. The molecule has 3 aromatic rings. The first kappa shape index (κ1) is 20.7. The van der Waals surface area contributed by atoms with Crippen LogP contribution in [0.2, 0.25) is 0 Å². The van der Waals surface area contributed by atoms with E-state index in [4.69, 9.17) is 0 Å². The van der Waals surface area contributed by atoms with E-state index in [-0.39, 0.29) is 36.1 Å². The minimum absolute atomic E-state index is 0. The highest BCUT2D eigenvalue weighted by atomic mass is 127. The van der Waals surface area contributed by atoms with E-state index in [1.807, 2.05) is 24.3 Å². The maximum absolute atomic E-state index is 13.7. The first-order valence-electron chi connectivity index (χ1n) is 7.98. The lowest BCUT2D eigenvalue weighted by atomic mass is 10.2. The lowest BCUT2D eigenvalue weighted by Crippen LogP contribution is -2.36. The first-order chi connectivity index (χ1) is 12.7. The maximum Gasteiger partial charge on any atom is 0.191 e. The monoisotopic (exact) mass is 484 g/mol. The molecule has 27 heavy (non-hydrogen) atoms. The second-order valence-electron chi connectivity index (χ2n) is 5.52. The van der Waals surface area contributed by atoms with Crippen LogP contribution in [0.3, 0.4) is 0 Å². The number of hydrogen-bond acceptors (Lipinski definition) is 3. The van der Waals surface area contributed by atoms with Gasteiger partial charge in [0.1, 0.15) is 24.3 Å². The number of nitrogens with one attached hydrogen (secondary N) is 2. The third-order valence-corrected chi connectivity index (χ3v) is 3.76. The van der Waals surface area contributed by atoms with Gasteiger partial charge in [-0.05, 0) is 35.9 Å². The van der Waals surface area contributed by atoms with Crippen molar-refractivity contribution in [1.29, 1.82) is 0 Å². The zero-order valence-corrected chi connectivity index (χ0v) is 16.9. The highest BCUT2D eigenvalue weighted by molar-refractivity contribution is 14.0. The van der Waals surface area contributed by atoms with Crippen LogP contribution in [0, 0.1) is 11.6 Å². The van der Waals surface area contributed by atoms with Gasteiger partial charge in [0, 0.05) is 25.7 Å². The molecule has 0 amide bonds. The fourth-order valence-corrected chi connectivity index (χ4v) is 2.37. The Hall–Kier alpha value is -2.56. The standard InChI is InChI=1S/C18H18F2N6.HI/c1-21-18(24-10-14-8-15(19)4-7-17(14)20)23-9-13-2-5-16(6-3-13)26-12-22-11-25-26;/h2-8,11-12H,9-10H2,1H3,(H2,21,23,24);1H. The SMILES string of the molecule is CN=C(NCc1ccc(-n2cncn2)cc1)NCc1cc(F)ccc1F.I. The van der Waals surface area contributed by atoms with Gasteiger partial charge in [-0.15, -0.1) is 24.0 Å². The Balaban J connectivity index is 0.00000261. The molecule has 0 atom stereocenters. The molecule has 3 rings (SSSR count). The van der Waals surface area contributed by atoms with Crippen LogP contribution in [-0.2, 0) is 13.1 Å². The van der Waals surface area contributed by atoms with Gasteiger partial charge in [0.15, 0.2) is 5.96 Å². The van der Waals surface area contributed by atoms with Crippen LogP contribution < -0.4 is 10.6 Å². The van der Waals surface area contributed by atoms with E-state index in [0.717, 1.165) is 23.4 Å². The van der Waals surface area contributed by atoms with Crippen LogP contribution in [0.25, 0.3) is 5.69 Å². The molecule has 9 heteroatoms. The first-order valence-corrected chi connectivity index (χ1v) is 7.98. The number of hydrogen-bond donors (Lipinski definition) is 2. The van der Waals surface area contributed by atoms with E-state index in [1.165, 1.54) is 12.4 Å². The number of aromatic nitrogens is 3. The molecule has 0 unspecified atom stereocenters. The number of aliphatic imine (C=N–C) groups is 1. The fraction of sp³-hybridized carbons (Fsp3) is 0.167. The van der Waals surface area contributed by atoms with Crippen LogP contribution in [0.15, 0.2) is 60.1 Å². The molecule has 1 heterocycles. The predicted octanol–water partition coefficient (Wildman–Crippen LogP) is 3.03. The molecule has 142 valence electrons. The van der Waals surface area contributed by atoms with Crippen molar-refractivity contribution in [3.05, 3.63) is 77.9 Å². The average Bonchev–Trinajstić information content (AvgIpc) is 3.20. The Morgan fingerprint density at radius 3 is 2.48 bits per heavy atom. The average molecular weight is 484 g/mol. The molecule has 0 fully saturated rings. The largest absolute Gasteiger partial charge is 0.352 e. The summed E-state index contributed by atoms with van der Waals surface area (Å²) in [4.78, 5) is 8.00. The smallest absolute Gasteiger partial charge is 0.191 e. The van der Waals surface area contributed by atoms with Gasteiger partial charge in [0.25, 0.3) is 0 Å². The molecule has 0 aliphatic carbocycles. The summed E-state index contributed by atoms with van der Waals surface area (Å²) < 4.78 is 28.5. The zero-order valence-electron chi connectivity index (χ0n) is 14.6. The van der Waals surface area contributed by atoms with Crippen molar-refractivity contribution in [3.63, 3.8) is 0 Å². The second-order valence-corrected chi connectivity index (χ2v) is 5.52. The molecule has 0 radical (unpaired) electrons. The summed E-state index contributed by atoms with van der Waals surface area (Å²) in [6, 6.07) is 11.2. The summed E-state index contributed by atoms with van der Waals surface area (Å²) in [7, 11) is 1.62. The Bertz CT molecular complexity index is 881. The molecule has 2 N–H and O–H groups in total. The molecule has 0 aliphatic rings. The zero-order chi connectivity index (χ0) is 18.4. The van der Waals surface area contributed by atoms with Crippen LogP contribution in [-0.4, -0.2) is 27.8 Å². The molecule has 0 spiro atoms. The van der Waals surface area contributed by atoms with E-state index in [0.29, 0.717) is 12.5 Å². The molecule has 2 aromatic carbocycles. The van der Waals surface area contributed by atoms with Crippen molar-refractivity contribution >= 4 is 29.9 Å². The quantitative estimate of drug-likeness (QED) is 0.332. The van der Waals surface area contributed by atoms with Gasteiger partial charge in [-0.3, -0.25) is 4.99 Å². The van der Waals surface area contributed by atoms with Gasteiger partial charge in [-0.1, -0.05) is 12.1 Å². The predicted molar refractivity (Wildman–Crippen MR) is 110 cm³/mol. The number of rotatable bonds is 5. The van der Waals surface area contributed by atoms with Crippen LogP contribution in [0.5, 0.6) is 0 Å². The Kier molecular flexibility index (Phi) is 7.65. The van der Waals surface area contributed by atoms with Crippen molar-refractivity contribution in [2.24, 2.45) is 4.99 Å². The lowest BCUT2D eigenvalue weighted by Gasteiger charge is -2.13. The molecule has 6 nitrogen and oxygen atoms in total. The molecule has 0 saturated carbocycles. The van der Waals surface area contributed by atoms with E-state index in [2.05, 4.69) is 25.7 Å². The Morgan fingerprint density at radius 1 is 1.07 bits per heavy atom. The van der Waals surface area contributed by atoms with Crippen molar-refractivity contribution in [1.82, 2.24) is 25.4 Å². The second kappa shape index (κ2) is 9.95. The summed E-state index contributed by atoms with van der Waals surface area (Å²) in [6.45, 7) is 0.664. The summed E-state index contributed by atoms with van der Waals surface area (Å²) in [5, 5.41) is 10.2. The van der Waals surface area contributed by atoms with E-state index in [9.17, 15) is 8.78 Å². The lowest BCUT2D eigenvalue weighted by molar-refractivity contribution is 0.581. The minimum Gasteiger partial charge on any atom is -0.352 e. The molecule has 0 saturated heterocycles. The van der Waals surface area contributed by atoms with Crippen molar-refractivity contribution in [3.8, 4) is 5.69 Å². The highest BCUT2D eigenvalue weighted by Gasteiger charge is 2.05. The summed E-state index contributed by atoms with van der Waals surface area (Å²) in [5.74, 6) is -0.439. The number of benzene rings is 2. The maximum atomic E-state index is 13.7. The van der Waals surface area contributed by atoms with Gasteiger partial charge in [0.2, 0.25) is 0 Å². The molecular weight excluding hydrogens is 465 g/mol. The summed E-state index contributed by atoms with van der Waals surface area (Å²) in [5.41, 5.74) is 2.19. The molecule has 0 aliphatic heterocycles. The number of nitrogens with zero attached hydrogens (tertiary/aromatic N) is 4. The van der Waals surface area contributed by atoms with Gasteiger partial charge >= 0.3 is 0 Å². The van der Waals surface area contributed by atoms with Crippen molar-refractivity contribution in [2.45, 2.75) is 13.1 Å². The van der Waals surface area contributed by atoms with E-state index in [1.54, 1.807) is 18.1 Å². The third kappa shape index (κ3) is 5.71. The van der Waals surface area contributed by atoms with E-state index < -0.39 is 11.6 Å². The van der Waals surface area contributed by atoms with Crippen LogP contribution in [0.4, 0.5) is 8.78 Å². The van der Waals surface area contributed by atoms with Gasteiger partial charge in [0.05, 0.1) is 5.69 Å². The van der Waals surface area contributed by atoms with Crippen molar-refractivity contribution < 1.29 is 8.78 Å². The normalized spacial score (nSPS) is 11.0. The fourth-order valence-electron chi connectivity index (χ4n) is 2.37. The third-order valence-electron chi connectivity index (χ3n) is 3.76.